The number of carbonyl (C=O) groups is 1. The van der Waals surface area contributed by atoms with E-state index in [4.69, 9.17) is 16.7 Å². The molecule has 0 radical (unpaired) electrons. The highest BCUT2D eigenvalue weighted by atomic mass is 35.5. The number of rotatable bonds is 6. The van der Waals surface area contributed by atoms with Crippen LogP contribution in [0.1, 0.15) is 0 Å². The Kier molecular flexibility index (Phi) is 5.84. The minimum atomic E-state index is -3.28. The van der Waals surface area contributed by atoms with E-state index >= 15 is 0 Å². The van der Waals surface area contributed by atoms with E-state index in [1.54, 1.807) is 24.3 Å². The molecule has 3 nitrogen and oxygen atoms in total. The van der Waals surface area contributed by atoms with Crippen molar-refractivity contribution < 1.29 is 18.7 Å². The Morgan fingerprint density at radius 2 is 2.00 bits per heavy atom. The fraction of sp³-hybridized carbons (Fsp3) is 0.364. The molecule has 2 N–H and O–H groups in total. The first-order valence-corrected chi connectivity index (χ1v) is 6.43. The number of carbonyl (C=O) groups excluding carboxylic acids is 1. The highest BCUT2D eigenvalue weighted by Crippen LogP contribution is 2.20. The van der Waals surface area contributed by atoms with Crippen LogP contribution in [0.5, 0.6) is 0 Å². The van der Waals surface area contributed by atoms with Crippen LogP contribution in [-0.2, 0) is 4.79 Å². The van der Waals surface area contributed by atoms with Crippen molar-refractivity contribution >= 4 is 29.3 Å². The van der Waals surface area contributed by atoms with Gasteiger partial charge in [-0.05, 0) is 24.3 Å². The standard InChI is InChI=1S/C11H12ClF2NO2S/c12-8-1-3-9(4-2-8)18-5-10(17)15-6-11(13,14)7-16/h1-4,16H,5-7H2,(H,15,17). The van der Waals surface area contributed by atoms with Gasteiger partial charge in [0.2, 0.25) is 5.91 Å². The molecule has 0 bridgehead atoms. The van der Waals surface area contributed by atoms with Gasteiger partial charge in [-0.25, -0.2) is 8.78 Å². The van der Waals surface area contributed by atoms with Crippen LogP contribution in [0.2, 0.25) is 5.02 Å². The van der Waals surface area contributed by atoms with E-state index < -0.39 is 25.0 Å². The van der Waals surface area contributed by atoms with Crippen LogP contribution < -0.4 is 5.32 Å². The van der Waals surface area contributed by atoms with Gasteiger partial charge in [0.1, 0.15) is 6.61 Å². The van der Waals surface area contributed by atoms with Crippen molar-refractivity contribution in [1.82, 2.24) is 5.32 Å². The smallest absolute Gasteiger partial charge is 0.287 e. The van der Waals surface area contributed by atoms with E-state index in [1.807, 2.05) is 0 Å². The number of aliphatic hydroxyl groups excluding tert-OH is 1. The van der Waals surface area contributed by atoms with Crippen molar-refractivity contribution in [3.63, 3.8) is 0 Å². The lowest BCUT2D eigenvalue weighted by Gasteiger charge is -2.13. The van der Waals surface area contributed by atoms with E-state index in [2.05, 4.69) is 5.32 Å². The third-order valence-corrected chi connectivity index (χ3v) is 3.22. The second-order valence-electron chi connectivity index (χ2n) is 3.53. The molecule has 1 aromatic carbocycles. The van der Waals surface area contributed by atoms with Gasteiger partial charge in [0, 0.05) is 9.92 Å². The molecule has 0 heterocycles. The lowest BCUT2D eigenvalue weighted by molar-refractivity contribution is -0.121. The molecule has 0 spiro atoms. The fourth-order valence-corrected chi connectivity index (χ4v) is 1.87. The van der Waals surface area contributed by atoms with E-state index in [9.17, 15) is 13.6 Å². The maximum absolute atomic E-state index is 12.6. The summed E-state index contributed by atoms with van der Waals surface area (Å²) < 4.78 is 25.3. The van der Waals surface area contributed by atoms with E-state index in [-0.39, 0.29) is 5.75 Å². The van der Waals surface area contributed by atoms with Gasteiger partial charge in [0.05, 0.1) is 12.3 Å². The molecule has 100 valence electrons. The number of thioether (sulfide) groups is 1. The molecule has 0 aromatic heterocycles. The number of aliphatic hydroxyl groups is 1. The van der Waals surface area contributed by atoms with Gasteiger partial charge >= 0.3 is 0 Å². The molecule has 0 atom stereocenters. The minimum absolute atomic E-state index is 0.0309. The third kappa shape index (κ3) is 5.66. The van der Waals surface area contributed by atoms with Crippen LogP contribution >= 0.6 is 23.4 Å². The van der Waals surface area contributed by atoms with Gasteiger partial charge < -0.3 is 10.4 Å². The van der Waals surface area contributed by atoms with Crippen molar-refractivity contribution in [2.75, 3.05) is 18.9 Å². The number of nitrogens with one attached hydrogen (secondary N) is 1. The number of hydrogen-bond donors (Lipinski definition) is 2. The Hall–Kier alpha value is -0.850. The van der Waals surface area contributed by atoms with Crippen molar-refractivity contribution in [2.45, 2.75) is 10.8 Å². The zero-order chi connectivity index (χ0) is 13.6. The summed E-state index contributed by atoms with van der Waals surface area (Å²) in [6.07, 6.45) is 0. The highest BCUT2D eigenvalue weighted by Gasteiger charge is 2.27. The Bertz CT molecular complexity index is 401. The second-order valence-corrected chi connectivity index (χ2v) is 5.02. The SMILES string of the molecule is O=C(CSc1ccc(Cl)cc1)NCC(F)(F)CO. The van der Waals surface area contributed by atoms with Crippen LogP contribution in [0.4, 0.5) is 8.78 Å². The molecule has 0 aliphatic heterocycles. The van der Waals surface area contributed by atoms with Crippen LogP contribution in [-0.4, -0.2) is 35.8 Å². The molecule has 7 heteroatoms. The highest BCUT2D eigenvalue weighted by molar-refractivity contribution is 8.00. The van der Waals surface area contributed by atoms with Crippen LogP contribution in [0.15, 0.2) is 29.2 Å². The summed E-state index contributed by atoms with van der Waals surface area (Å²) in [5.74, 6) is -3.76. The zero-order valence-electron chi connectivity index (χ0n) is 9.33. The van der Waals surface area contributed by atoms with Crippen LogP contribution in [0.3, 0.4) is 0 Å². The summed E-state index contributed by atoms with van der Waals surface area (Å²) in [6, 6.07) is 6.84. The monoisotopic (exact) mass is 295 g/mol. The Balaban J connectivity index is 2.31. The summed E-state index contributed by atoms with van der Waals surface area (Å²) in [7, 11) is 0. The van der Waals surface area contributed by atoms with Gasteiger partial charge in [-0.15, -0.1) is 11.8 Å². The zero-order valence-corrected chi connectivity index (χ0v) is 10.9. The molecule has 0 aliphatic rings. The van der Waals surface area contributed by atoms with Gasteiger partial charge in [-0.3, -0.25) is 4.79 Å². The van der Waals surface area contributed by atoms with Crippen LogP contribution in [0.25, 0.3) is 0 Å². The molecule has 0 fully saturated rings. The molecule has 1 rings (SSSR count). The van der Waals surface area contributed by atoms with E-state index in [0.29, 0.717) is 5.02 Å². The molecule has 0 saturated heterocycles. The number of alkyl halides is 2. The van der Waals surface area contributed by atoms with Gasteiger partial charge in [-0.1, -0.05) is 11.6 Å². The molecule has 0 aliphatic carbocycles. The summed E-state index contributed by atoms with van der Waals surface area (Å²) in [5.41, 5.74) is 0. The summed E-state index contributed by atoms with van der Waals surface area (Å²) in [6.45, 7) is -2.14. The Labute approximate surface area is 113 Å². The maximum Gasteiger partial charge on any atom is 0.287 e. The van der Waals surface area contributed by atoms with Gasteiger partial charge in [0.15, 0.2) is 0 Å². The minimum Gasteiger partial charge on any atom is -0.390 e. The first-order chi connectivity index (χ1) is 8.43. The fourth-order valence-electron chi connectivity index (χ4n) is 1.01. The molecule has 1 amide bonds. The number of amides is 1. The predicted molar refractivity (Wildman–Crippen MR) is 67.2 cm³/mol. The average Bonchev–Trinajstić information content (AvgIpc) is 2.36. The second kappa shape index (κ2) is 6.92. The average molecular weight is 296 g/mol. The van der Waals surface area contributed by atoms with Crippen LogP contribution in [0, 0.1) is 0 Å². The molecular weight excluding hydrogens is 284 g/mol. The molecule has 1 aromatic rings. The quantitative estimate of drug-likeness (QED) is 0.791. The molecule has 18 heavy (non-hydrogen) atoms. The first kappa shape index (κ1) is 15.2. The first-order valence-electron chi connectivity index (χ1n) is 5.07. The third-order valence-electron chi connectivity index (χ3n) is 1.96. The van der Waals surface area contributed by atoms with Crippen molar-refractivity contribution in [3.05, 3.63) is 29.3 Å². The Morgan fingerprint density at radius 3 is 2.56 bits per heavy atom. The van der Waals surface area contributed by atoms with Crippen molar-refractivity contribution in [3.8, 4) is 0 Å². The summed E-state index contributed by atoms with van der Waals surface area (Å²) in [5, 5.41) is 11.0. The predicted octanol–water partition coefficient (Wildman–Crippen LogP) is 2.18. The molecular formula is C11H12ClF2NO2S. The number of benzene rings is 1. The maximum atomic E-state index is 12.6. The summed E-state index contributed by atoms with van der Waals surface area (Å²) in [4.78, 5) is 12.1. The van der Waals surface area contributed by atoms with Crippen molar-refractivity contribution in [1.29, 1.82) is 0 Å². The van der Waals surface area contributed by atoms with E-state index in [1.165, 1.54) is 11.8 Å². The lowest BCUT2D eigenvalue weighted by Crippen LogP contribution is -2.39. The largest absolute Gasteiger partial charge is 0.390 e. The van der Waals surface area contributed by atoms with Gasteiger partial charge in [-0.2, -0.15) is 0 Å². The van der Waals surface area contributed by atoms with Gasteiger partial charge in [0.25, 0.3) is 5.92 Å². The normalized spacial score (nSPS) is 11.3. The topological polar surface area (TPSA) is 49.3 Å². The molecule has 0 saturated carbocycles. The lowest BCUT2D eigenvalue weighted by atomic mass is 10.3. The Morgan fingerprint density at radius 1 is 1.39 bits per heavy atom. The van der Waals surface area contributed by atoms with Crippen molar-refractivity contribution in [2.24, 2.45) is 0 Å². The number of halogens is 3. The van der Waals surface area contributed by atoms with E-state index in [0.717, 1.165) is 4.90 Å². The summed E-state index contributed by atoms with van der Waals surface area (Å²) >= 11 is 6.91. The number of hydrogen-bond acceptors (Lipinski definition) is 3. The molecule has 0 unspecified atom stereocenters.